The van der Waals surface area contributed by atoms with E-state index in [0.717, 1.165) is 16.9 Å². The Morgan fingerprint density at radius 1 is 1.29 bits per heavy atom. The van der Waals surface area contributed by atoms with Crippen LogP contribution in [0.5, 0.6) is 0 Å². The minimum absolute atomic E-state index is 0.140. The maximum atomic E-state index is 11.8. The van der Waals surface area contributed by atoms with E-state index in [4.69, 9.17) is 0 Å². The molecule has 70 valence electrons. The average Bonchev–Trinajstić information content (AvgIpc) is 2.54. The highest BCUT2D eigenvalue weighted by Crippen LogP contribution is 2.37. The zero-order valence-electron chi connectivity index (χ0n) is 8.11. The van der Waals surface area contributed by atoms with Gasteiger partial charge in [-0.1, -0.05) is 12.1 Å². The third-order valence-electron chi connectivity index (χ3n) is 2.86. The number of nitrogens with zero attached hydrogens (tertiary/aromatic N) is 2. The minimum Gasteiger partial charge on any atom is -0.273 e. The highest BCUT2D eigenvalue weighted by molar-refractivity contribution is 6.03. The molecule has 0 N–H and O–H groups in total. The molecule has 3 nitrogen and oxygen atoms in total. The summed E-state index contributed by atoms with van der Waals surface area (Å²) in [6.45, 7) is 3.83. The molecule has 14 heavy (non-hydrogen) atoms. The van der Waals surface area contributed by atoms with Gasteiger partial charge in [-0.2, -0.15) is 0 Å². The van der Waals surface area contributed by atoms with Crippen LogP contribution < -0.4 is 0 Å². The molecule has 1 aromatic heterocycles. The third kappa shape index (κ3) is 0.650. The lowest BCUT2D eigenvalue weighted by Crippen LogP contribution is -2.47. The molecular weight excluding hydrogens is 176 g/mol. The van der Waals surface area contributed by atoms with Crippen LogP contribution in [0.1, 0.15) is 24.5 Å². The van der Waals surface area contributed by atoms with E-state index in [-0.39, 0.29) is 5.91 Å². The van der Waals surface area contributed by atoms with Gasteiger partial charge in [-0.3, -0.25) is 9.36 Å². The first kappa shape index (κ1) is 7.74. The summed E-state index contributed by atoms with van der Waals surface area (Å²) in [5.41, 5.74) is 1.42. The van der Waals surface area contributed by atoms with Crippen LogP contribution in [0.2, 0.25) is 0 Å². The van der Waals surface area contributed by atoms with Crippen LogP contribution in [-0.2, 0) is 5.41 Å². The van der Waals surface area contributed by atoms with Crippen LogP contribution in [0, 0.1) is 0 Å². The molecule has 0 fully saturated rings. The van der Waals surface area contributed by atoms with Crippen molar-refractivity contribution in [3.63, 3.8) is 0 Å². The number of rotatable bonds is 0. The van der Waals surface area contributed by atoms with Gasteiger partial charge in [-0.25, -0.2) is 4.98 Å². The quantitative estimate of drug-likeness (QED) is 0.630. The number of imidazole rings is 1. The van der Waals surface area contributed by atoms with Gasteiger partial charge in [0.2, 0.25) is 5.91 Å². The highest BCUT2D eigenvalue weighted by atomic mass is 16.2. The zero-order chi connectivity index (χ0) is 9.92. The molecule has 0 radical (unpaired) electrons. The molecule has 0 amide bonds. The maximum absolute atomic E-state index is 11.8. The standard InChI is InChI=1S/C11H10N2O/c1-11(2)9-12-7-5-3-4-6-8(7)13(9)10(11)14/h3-6H,1-2H3. The van der Waals surface area contributed by atoms with Crippen molar-refractivity contribution in [2.24, 2.45) is 0 Å². The molecule has 3 heteroatoms. The molecule has 0 aliphatic carbocycles. The topological polar surface area (TPSA) is 34.9 Å². The molecule has 0 saturated heterocycles. The van der Waals surface area contributed by atoms with Gasteiger partial charge in [0.05, 0.1) is 11.0 Å². The number of fused-ring (bicyclic) bond motifs is 3. The van der Waals surface area contributed by atoms with Crippen LogP contribution >= 0.6 is 0 Å². The van der Waals surface area contributed by atoms with E-state index in [2.05, 4.69) is 4.98 Å². The van der Waals surface area contributed by atoms with E-state index < -0.39 is 5.41 Å². The largest absolute Gasteiger partial charge is 0.273 e. The average molecular weight is 186 g/mol. The van der Waals surface area contributed by atoms with Gasteiger partial charge in [0.25, 0.3) is 0 Å². The Hall–Kier alpha value is -1.64. The van der Waals surface area contributed by atoms with E-state index in [0.29, 0.717) is 0 Å². The first-order valence-electron chi connectivity index (χ1n) is 4.65. The Balaban J connectivity index is 2.44. The van der Waals surface area contributed by atoms with Crippen molar-refractivity contribution in [2.75, 3.05) is 0 Å². The van der Waals surface area contributed by atoms with Gasteiger partial charge in [0, 0.05) is 0 Å². The SMILES string of the molecule is CC1(C)C(=O)n2c1nc1ccccc12. The van der Waals surface area contributed by atoms with Gasteiger partial charge in [-0.05, 0) is 26.0 Å². The third-order valence-corrected chi connectivity index (χ3v) is 2.86. The lowest BCUT2D eigenvalue weighted by atomic mass is 9.85. The molecule has 0 bridgehead atoms. The lowest BCUT2D eigenvalue weighted by Gasteiger charge is -2.33. The summed E-state index contributed by atoms with van der Waals surface area (Å²) in [4.78, 5) is 16.2. The predicted molar refractivity (Wildman–Crippen MR) is 53.4 cm³/mol. The van der Waals surface area contributed by atoms with E-state index in [1.807, 2.05) is 38.1 Å². The van der Waals surface area contributed by atoms with Crippen LogP contribution in [0.15, 0.2) is 24.3 Å². The summed E-state index contributed by atoms with van der Waals surface area (Å²) in [5, 5.41) is 0. The van der Waals surface area contributed by atoms with E-state index in [1.165, 1.54) is 0 Å². The van der Waals surface area contributed by atoms with Gasteiger partial charge < -0.3 is 0 Å². The Bertz CT molecular complexity index is 551. The first-order valence-corrected chi connectivity index (χ1v) is 4.65. The molecule has 0 spiro atoms. The molecule has 1 aliphatic heterocycles. The summed E-state index contributed by atoms with van der Waals surface area (Å²) < 4.78 is 1.70. The van der Waals surface area contributed by atoms with Crippen molar-refractivity contribution in [3.8, 4) is 0 Å². The Morgan fingerprint density at radius 2 is 2.00 bits per heavy atom. The molecule has 0 atom stereocenters. The number of hydrogen-bond donors (Lipinski definition) is 0. The van der Waals surface area contributed by atoms with Crippen LogP contribution in [-0.4, -0.2) is 15.5 Å². The number of benzene rings is 1. The van der Waals surface area contributed by atoms with E-state index >= 15 is 0 Å². The molecule has 2 heterocycles. The monoisotopic (exact) mass is 186 g/mol. The Kier molecular flexibility index (Phi) is 1.14. The number of carbonyl (C=O) groups is 1. The van der Waals surface area contributed by atoms with Crippen molar-refractivity contribution in [1.29, 1.82) is 0 Å². The van der Waals surface area contributed by atoms with Gasteiger partial charge in [0.15, 0.2) is 0 Å². The minimum atomic E-state index is -0.404. The predicted octanol–water partition coefficient (Wildman–Crippen LogP) is 1.97. The van der Waals surface area contributed by atoms with Crippen molar-refractivity contribution in [1.82, 2.24) is 9.55 Å². The molecule has 0 saturated carbocycles. The number of aromatic nitrogens is 2. The van der Waals surface area contributed by atoms with Crippen LogP contribution in [0.25, 0.3) is 11.0 Å². The number of hydrogen-bond acceptors (Lipinski definition) is 2. The van der Waals surface area contributed by atoms with Gasteiger partial charge >= 0.3 is 0 Å². The second kappa shape index (κ2) is 2.05. The van der Waals surface area contributed by atoms with Crippen molar-refractivity contribution in [2.45, 2.75) is 19.3 Å². The van der Waals surface area contributed by atoms with Crippen LogP contribution in [0.3, 0.4) is 0 Å². The molecule has 3 rings (SSSR count). The number of carbonyl (C=O) groups excluding carboxylic acids is 1. The molecule has 1 aromatic carbocycles. The normalized spacial score (nSPS) is 18.0. The maximum Gasteiger partial charge on any atom is 0.245 e. The summed E-state index contributed by atoms with van der Waals surface area (Å²) in [6.07, 6.45) is 0. The Morgan fingerprint density at radius 3 is 2.79 bits per heavy atom. The summed E-state index contributed by atoms with van der Waals surface area (Å²) >= 11 is 0. The molecular formula is C11H10N2O. The van der Waals surface area contributed by atoms with Gasteiger partial charge in [0.1, 0.15) is 11.2 Å². The Labute approximate surface area is 81.4 Å². The fraction of sp³-hybridized carbons (Fsp3) is 0.273. The second-order valence-electron chi connectivity index (χ2n) is 4.19. The van der Waals surface area contributed by atoms with E-state index in [9.17, 15) is 4.79 Å². The highest BCUT2D eigenvalue weighted by Gasteiger charge is 2.47. The van der Waals surface area contributed by atoms with Crippen molar-refractivity contribution >= 4 is 16.9 Å². The summed E-state index contributed by atoms with van der Waals surface area (Å²) in [5.74, 6) is 1.02. The molecule has 1 aliphatic rings. The smallest absolute Gasteiger partial charge is 0.245 e. The zero-order valence-corrected chi connectivity index (χ0v) is 8.11. The summed E-state index contributed by atoms with van der Waals surface area (Å²) in [6, 6.07) is 7.73. The molecule has 0 unspecified atom stereocenters. The van der Waals surface area contributed by atoms with Gasteiger partial charge in [-0.15, -0.1) is 0 Å². The van der Waals surface area contributed by atoms with Crippen molar-refractivity contribution < 1.29 is 4.79 Å². The first-order chi connectivity index (χ1) is 6.62. The molecule has 2 aromatic rings. The number of para-hydroxylation sites is 2. The van der Waals surface area contributed by atoms with Crippen molar-refractivity contribution in [3.05, 3.63) is 30.1 Å². The fourth-order valence-electron chi connectivity index (χ4n) is 1.97. The van der Waals surface area contributed by atoms with E-state index in [1.54, 1.807) is 4.57 Å². The second-order valence-corrected chi connectivity index (χ2v) is 4.19. The lowest BCUT2D eigenvalue weighted by molar-refractivity contribution is 0.0731. The summed E-state index contributed by atoms with van der Waals surface area (Å²) in [7, 11) is 0. The van der Waals surface area contributed by atoms with Crippen LogP contribution in [0.4, 0.5) is 0 Å². The fourth-order valence-corrected chi connectivity index (χ4v) is 1.97.